The van der Waals surface area contributed by atoms with Crippen LogP contribution >= 0.6 is 0 Å². The molecule has 9 nitrogen and oxygen atoms in total. The first-order valence-corrected chi connectivity index (χ1v) is 20.6. The molecular formula is C41H76N2O7. The van der Waals surface area contributed by atoms with E-state index in [-0.39, 0.29) is 24.5 Å². The number of ether oxygens (including phenoxy) is 1. The van der Waals surface area contributed by atoms with Crippen molar-refractivity contribution < 1.29 is 34.1 Å². The number of carbonyl (C=O) groups excluding carboxylic acids is 3. The van der Waals surface area contributed by atoms with Gasteiger partial charge < -0.3 is 25.6 Å². The highest BCUT2D eigenvalue weighted by Gasteiger charge is 2.19. The molecule has 2 atom stereocenters. The van der Waals surface area contributed by atoms with Gasteiger partial charge in [0, 0.05) is 12.8 Å². The fourth-order valence-electron chi connectivity index (χ4n) is 6.07. The van der Waals surface area contributed by atoms with Crippen LogP contribution in [0.4, 0.5) is 0 Å². The summed E-state index contributed by atoms with van der Waals surface area (Å²) in [6.07, 6.45) is 36.6. The van der Waals surface area contributed by atoms with Crippen LogP contribution in [0.2, 0.25) is 0 Å². The Balaban J connectivity index is 4.32. The highest BCUT2D eigenvalue weighted by Crippen LogP contribution is 2.18. The quantitative estimate of drug-likeness (QED) is 0.0286. The third-order valence-corrected chi connectivity index (χ3v) is 9.26. The topological polar surface area (TPSA) is 142 Å². The number of carboxylic acids is 1. The molecule has 0 aliphatic carbocycles. The van der Waals surface area contributed by atoms with Crippen molar-refractivity contribution in [2.45, 2.75) is 212 Å². The van der Waals surface area contributed by atoms with Gasteiger partial charge in [-0.15, -0.1) is 0 Å². The molecule has 2 amide bonds. The van der Waals surface area contributed by atoms with Crippen molar-refractivity contribution in [2.75, 3.05) is 13.2 Å². The molecule has 0 saturated heterocycles. The van der Waals surface area contributed by atoms with E-state index in [1.165, 1.54) is 96.3 Å². The van der Waals surface area contributed by atoms with E-state index in [1.807, 2.05) is 0 Å². The monoisotopic (exact) mass is 709 g/mol. The van der Waals surface area contributed by atoms with Gasteiger partial charge in [0.1, 0.15) is 12.1 Å². The summed E-state index contributed by atoms with van der Waals surface area (Å²) in [6, 6.07) is -1.38. The molecule has 292 valence electrons. The van der Waals surface area contributed by atoms with Crippen molar-refractivity contribution in [1.82, 2.24) is 10.6 Å². The van der Waals surface area contributed by atoms with Crippen molar-refractivity contribution >= 4 is 23.8 Å². The third kappa shape index (κ3) is 32.8. The summed E-state index contributed by atoms with van der Waals surface area (Å²) in [7, 11) is 0. The molecule has 0 heterocycles. The number of aliphatic carboxylic acids is 1. The normalized spacial score (nSPS) is 12.5. The minimum Gasteiger partial charge on any atom is -0.480 e. The molecule has 0 spiro atoms. The molecule has 0 bridgehead atoms. The molecule has 9 heteroatoms. The van der Waals surface area contributed by atoms with E-state index in [9.17, 15) is 19.2 Å². The number of rotatable bonds is 37. The lowest BCUT2D eigenvalue weighted by Gasteiger charge is -2.18. The average Bonchev–Trinajstić information content (AvgIpc) is 3.10. The van der Waals surface area contributed by atoms with E-state index < -0.39 is 24.5 Å². The molecule has 0 radical (unpaired) electrons. The Kier molecular flexibility index (Phi) is 34.6. The van der Waals surface area contributed by atoms with Crippen LogP contribution in [0, 0.1) is 0 Å². The largest absolute Gasteiger partial charge is 0.480 e. The van der Waals surface area contributed by atoms with E-state index in [4.69, 9.17) is 14.9 Å². The molecule has 0 aromatic carbocycles. The van der Waals surface area contributed by atoms with Gasteiger partial charge in [-0.2, -0.15) is 0 Å². The Hall–Kier alpha value is -2.42. The maximum absolute atomic E-state index is 12.7. The van der Waals surface area contributed by atoms with Gasteiger partial charge in [0.2, 0.25) is 11.8 Å². The highest BCUT2D eigenvalue weighted by atomic mass is 16.5. The van der Waals surface area contributed by atoms with Crippen molar-refractivity contribution in [3.05, 3.63) is 12.2 Å². The molecule has 4 N–H and O–H groups in total. The molecule has 0 aromatic heterocycles. The zero-order valence-electron chi connectivity index (χ0n) is 32.2. The zero-order chi connectivity index (χ0) is 36.9. The summed E-state index contributed by atoms with van der Waals surface area (Å²) in [5.74, 6) is -2.30. The fourth-order valence-corrected chi connectivity index (χ4v) is 6.07. The van der Waals surface area contributed by atoms with Crippen molar-refractivity contribution in [3.8, 4) is 0 Å². The molecular weight excluding hydrogens is 632 g/mol. The first-order chi connectivity index (χ1) is 24.3. The summed E-state index contributed by atoms with van der Waals surface area (Å²) in [5, 5.41) is 22.5. The molecule has 2 unspecified atom stereocenters. The number of aliphatic hydroxyl groups excluding tert-OH is 1. The lowest BCUT2D eigenvalue weighted by molar-refractivity contribution is -0.150. The maximum Gasteiger partial charge on any atom is 0.328 e. The van der Waals surface area contributed by atoms with Gasteiger partial charge in [0.15, 0.2) is 0 Å². The number of carbonyl (C=O) groups is 4. The van der Waals surface area contributed by atoms with E-state index in [2.05, 4.69) is 36.6 Å². The Morgan fingerprint density at radius 2 is 1.04 bits per heavy atom. The van der Waals surface area contributed by atoms with E-state index in [1.54, 1.807) is 0 Å². The number of nitrogens with one attached hydrogen (secondary N) is 2. The van der Waals surface area contributed by atoms with Gasteiger partial charge in [0.25, 0.3) is 0 Å². The number of allylic oxidation sites excluding steroid dienone is 2. The summed E-state index contributed by atoms with van der Waals surface area (Å²) in [6.45, 7) is 3.47. The Bertz CT molecular complexity index is 864. The Labute approximate surface area is 305 Å². The number of amides is 2. The molecule has 50 heavy (non-hydrogen) atoms. The lowest BCUT2D eigenvalue weighted by atomic mass is 10.0. The van der Waals surface area contributed by atoms with Crippen LogP contribution in [0.1, 0.15) is 200 Å². The molecule has 0 aromatic rings. The maximum atomic E-state index is 12.7. The minimum atomic E-state index is -1.38. The molecule has 0 fully saturated rings. The van der Waals surface area contributed by atoms with Crippen molar-refractivity contribution in [2.24, 2.45) is 0 Å². The fraction of sp³-hybridized carbons (Fsp3) is 0.854. The Morgan fingerprint density at radius 3 is 1.58 bits per heavy atom. The summed E-state index contributed by atoms with van der Waals surface area (Å²) in [5.41, 5.74) is 0. The van der Waals surface area contributed by atoms with Crippen LogP contribution in [0.5, 0.6) is 0 Å². The third-order valence-electron chi connectivity index (χ3n) is 9.26. The minimum absolute atomic E-state index is 0.0364. The van der Waals surface area contributed by atoms with E-state index in [0.717, 1.165) is 70.6 Å². The van der Waals surface area contributed by atoms with Crippen LogP contribution in [-0.2, 0) is 23.9 Å². The first kappa shape index (κ1) is 47.6. The number of carboxylic acid groups (broad SMARTS) is 1. The summed E-state index contributed by atoms with van der Waals surface area (Å²) >= 11 is 0. The zero-order valence-corrected chi connectivity index (χ0v) is 32.2. The van der Waals surface area contributed by atoms with Crippen LogP contribution in [0.3, 0.4) is 0 Å². The van der Waals surface area contributed by atoms with Gasteiger partial charge in [-0.3, -0.25) is 14.4 Å². The van der Waals surface area contributed by atoms with Gasteiger partial charge >= 0.3 is 11.9 Å². The van der Waals surface area contributed by atoms with Gasteiger partial charge in [0.05, 0.1) is 13.2 Å². The van der Waals surface area contributed by atoms with Gasteiger partial charge in [-0.1, -0.05) is 142 Å². The van der Waals surface area contributed by atoms with Gasteiger partial charge in [-0.25, -0.2) is 4.79 Å². The molecule has 0 rings (SSSR count). The average molecular weight is 709 g/mol. The number of hydrogen-bond acceptors (Lipinski definition) is 6. The summed E-state index contributed by atoms with van der Waals surface area (Å²) < 4.78 is 5.99. The number of aliphatic hydroxyl groups is 1. The second-order valence-corrected chi connectivity index (χ2v) is 14.1. The molecule has 0 saturated carbocycles. The molecule has 0 aliphatic heterocycles. The van der Waals surface area contributed by atoms with Crippen LogP contribution < -0.4 is 10.6 Å². The molecule has 0 aliphatic rings. The standard InChI is InChI=1S/C41H76N2O7/c1-3-5-7-9-11-13-15-17-19-22-26-30-36(50-40(47)33-29-25-20-18-16-14-12-10-8-6-4-2)31-27-23-21-24-28-32-38(45)42-34-39(46)43-37(35-44)41(48)49/h17,19,36-37,44H,3-16,18,20-35H2,1-2H3,(H,42,45)(H,43,46)(H,48,49)/b19-17-. The number of hydrogen-bond donors (Lipinski definition) is 4. The van der Waals surface area contributed by atoms with Crippen LogP contribution in [-0.4, -0.2) is 59.3 Å². The second-order valence-electron chi connectivity index (χ2n) is 14.1. The number of unbranched alkanes of at least 4 members (excludes halogenated alkanes) is 21. The van der Waals surface area contributed by atoms with E-state index >= 15 is 0 Å². The van der Waals surface area contributed by atoms with Gasteiger partial charge in [-0.05, 0) is 57.8 Å². The highest BCUT2D eigenvalue weighted by molar-refractivity contribution is 5.87. The smallest absolute Gasteiger partial charge is 0.328 e. The first-order valence-electron chi connectivity index (χ1n) is 20.6. The summed E-state index contributed by atoms with van der Waals surface area (Å²) in [4.78, 5) is 47.4. The second kappa shape index (κ2) is 36.4. The predicted molar refractivity (Wildman–Crippen MR) is 204 cm³/mol. The lowest BCUT2D eigenvalue weighted by Crippen LogP contribution is -2.47. The van der Waals surface area contributed by atoms with Crippen molar-refractivity contribution in [1.29, 1.82) is 0 Å². The van der Waals surface area contributed by atoms with E-state index in [0.29, 0.717) is 19.3 Å². The van der Waals surface area contributed by atoms with Crippen LogP contribution in [0.25, 0.3) is 0 Å². The SMILES string of the molecule is CCCCCCCC/C=C\CCCC(CCCCCCCC(=O)NCC(=O)NC(CO)C(=O)O)OC(=O)CCCCCCCCCCCCC. The van der Waals surface area contributed by atoms with Crippen LogP contribution in [0.15, 0.2) is 12.2 Å². The predicted octanol–water partition coefficient (Wildman–Crippen LogP) is 9.49. The van der Waals surface area contributed by atoms with Crippen molar-refractivity contribution in [3.63, 3.8) is 0 Å². The number of esters is 1. The Morgan fingerprint density at radius 1 is 0.580 bits per heavy atom.